The van der Waals surface area contributed by atoms with E-state index in [4.69, 9.17) is 11.0 Å². The number of nitrogens with two attached hydrogens (primary N) is 1. The molecule has 0 bridgehead atoms. The summed E-state index contributed by atoms with van der Waals surface area (Å²) in [5.41, 5.74) is 8.07. The summed E-state index contributed by atoms with van der Waals surface area (Å²) in [4.78, 5) is 0. The molecule has 66 valence electrons. The fraction of sp³-hybridized carbons (Fsp3) is 0.182. The molecule has 2 nitrogen and oxygen atoms in total. The first-order valence-corrected chi connectivity index (χ1v) is 4.15. The molecule has 0 atom stereocenters. The van der Waals surface area contributed by atoms with E-state index >= 15 is 0 Å². The maximum absolute atomic E-state index is 8.77. The standard InChI is InChI=1S/C11H12N2/c1-9-4-5-10(3-2-6-12)7-11(9)8-13/h2-5,7H,6,12H2,1H3. The van der Waals surface area contributed by atoms with Crippen LogP contribution in [0.2, 0.25) is 0 Å². The van der Waals surface area contributed by atoms with Gasteiger partial charge < -0.3 is 5.73 Å². The second-order valence-electron chi connectivity index (χ2n) is 2.82. The van der Waals surface area contributed by atoms with Crippen molar-refractivity contribution in [2.24, 2.45) is 5.73 Å². The Morgan fingerprint density at radius 1 is 1.54 bits per heavy atom. The number of nitrogens with zero attached hydrogens (tertiary/aromatic N) is 1. The lowest BCUT2D eigenvalue weighted by Gasteiger charge is -1.98. The zero-order valence-electron chi connectivity index (χ0n) is 7.62. The summed E-state index contributed by atoms with van der Waals surface area (Å²) >= 11 is 0. The van der Waals surface area contributed by atoms with E-state index in [9.17, 15) is 0 Å². The highest BCUT2D eigenvalue weighted by Crippen LogP contribution is 2.10. The number of rotatable bonds is 2. The smallest absolute Gasteiger partial charge is 0.0994 e. The minimum atomic E-state index is 0.524. The molecule has 0 saturated carbocycles. The number of nitriles is 1. The van der Waals surface area contributed by atoms with Crippen LogP contribution in [-0.4, -0.2) is 6.54 Å². The van der Waals surface area contributed by atoms with Crippen molar-refractivity contribution in [3.63, 3.8) is 0 Å². The summed E-state index contributed by atoms with van der Waals surface area (Å²) in [6, 6.07) is 7.92. The Kier molecular flexibility index (Phi) is 3.24. The first-order valence-electron chi connectivity index (χ1n) is 4.15. The molecule has 0 radical (unpaired) electrons. The van der Waals surface area contributed by atoms with Crippen LogP contribution < -0.4 is 5.73 Å². The summed E-state index contributed by atoms with van der Waals surface area (Å²) < 4.78 is 0. The first-order chi connectivity index (χ1) is 6.27. The number of hydrogen-bond acceptors (Lipinski definition) is 2. The van der Waals surface area contributed by atoms with Crippen molar-refractivity contribution < 1.29 is 0 Å². The van der Waals surface area contributed by atoms with E-state index in [1.807, 2.05) is 37.3 Å². The van der Waals surface area contributed by atoms with Crippen LogP contribution in [-0.2, 0) is 0 Å². The molecule has 0 aliphatic rings. The first kappa shape index (κ1) is 9.50. The van der Waals surface area contributed by atoms with Gasteiger partial charge >= 0.3 is 0 Å². The van der Waals surface area contributed by atoms with Gasteiger partial charge in [0.15, 0.2) is 0 Å². The fourth-order valence-corrected chi connectivity index (χ4v) is 1.07. The van der Waals surface area contributed by atoms with Gasteiger partial charge in [-0.25, -0.2) is 0 Å². The van der Waals surface area contributed by atoms with Gasteiger partial charge in [-0.15, -0.1) is 0 Å². The van der Waals surface area contributed by atoms with Gasteiger partial charge in [0.2, 0.25) is 0 Å². The van der Waals surface area contributed by atoms with Crippen molar-refractivity contribution in [1.29, 1.82) is 5.26 Å². The van der Waals surface area contributed by atoms with Crippen LogP contribution in [0.1, 0.15) is 16.7 Å². The normalized spacial score (nSPS) is 10.2. The van der Waals surface area contributed by atoms with Crippen LogP contribution in [0.25, 0.3) is 6.08 Å². The predicted molar refractivity (Wildman–Crippen MR) is 54.0 cm³/mol. The van der Waals surface area contributed by atoms with Crippen molar-refractivity contribution >= 4 is 6.08 Å². The number of hydrogen-bond donors (Lipinski definition) is 1. The Bertz CT molecular complexity index is 359. The monoisotopic (exact) mass is 172 g/mol. The second-order valence-corrected chi connectivity index (χ2v) is 2.82. The van der Waals surface area contributed by atoms with E-state index in [2.05, 4.69) is 6.07 Å². The lowest BCUT2D eigenvalue weighted by Crippen LogP contribution is -1.92. The molecule has 0 unspecified atom stereocenters. The molecule has 1 aromatic rings. The molecule has 0 saturated heterocycles. The van der Waals surface area contributed by atoms with E-state index < -0.39 is 0 Å². The van der Waals surface area contributed by atoms with Crippen molar-refractivity contribution in [3.05, 3.63) is 41.0 Å². The largest absolute Gasteiger partial charge is 0.327 e. The molecular formula is C11H12N2. The van der Waals surface area contributed by atoms with Crippen molar-refractivity contribution in [1.82, 2.24) is 0 Å². The predicted octanol–water partition coefficient (Wildman–Crippen LogP) is 1.84. The molecule has 1 aromatic carbocycles. The van der Waals surface area contributed by atoms with Gasteiger partial charge in [-0.2, -0.15) is 5.26 Å². The summed E-state index contributed by atoms with van der Waals surface area (Å²) in [5.74, 6) is 0. The van der Waals surface area contributed by atoms with Crippen LogP contribution in [0.15, 0.2) is 24.3 Å². The lowest BCUT2D eigenvalue weighted by atomic mass is 10.1. The van der Waals surface area contributed by atoms with Crippen molar-refractivity contribution in [2.45, 2.75) is 6.92 Å². The highest BCUT2D eigenvalue weighted by atomic mass is 14.5. The Hall–Kier alpha value is -1.59. The van der Waals surface area contributed by atoms with E-state index in [-0.39, 0.29) is 0 Å². The zero-order valence-corrected chi connectivity index (χ0v) is 7.62. The van der Waals surface area contributed by atoms with Gasteiger partial charge in [0.25, 0.3) is 0 Å². The van der Waals surface area contributed by atoms with E-state index in [0.717, 1.165) is 16.7 Å². The Labute approximate surface area is 78.3 Å². The van der Waals surface area contributed by atoms with Crippen LogP contribution >= 0.6 is 0 Å². The second kappa shape index (κ2) is 4.44. The molecule has 13 heavy (non-hydrogen) atoms. The van der Waals surface area contributed by atoms with Crippen LogP contribution in [0.4, 0.5) is 0 Å². The topological polar surface area (TPSA) is 49.8 Å². The Morgan fingerprint density at radius 3 is 2.92 bits per heavy atom. The van der Waals surface area contributed by atoms with Crippen LogP contribution in [0, 0.1) is 18.3 Å². The summed E-state index contributed by atoms with van der Waals surface area (Å²) in [6.45, 7) is 2.45. The summed E-state index contributed by atoms with van der Waals surface area (Å²) in [7, 11) is 0. The van der Waals surface area contributed by atoms with Gasteiger partial charge in [0, 0.05) is 6.54 Å². The third kappa shape index (κ3) is 2.43. The molecular weight excluding hydrogens is 160 g/mol. The summed E-state index contributed by atoms with van der Waals surface area (Å²) in [6.07, 6.45) is 3.78. The molecule has 0 aliphatic carbocycles. The van der Waals surface area contributed by atoms with E-state index in [1.165, 1.54) is 0 Å². The Morgan fingerprint density at radius 2 is 2.31 bits per heavy atom. The van der Waals surface area contributed by atoms with Gasteiger partial charge in [-0.3, -0.25) is 0 Å². The van der Waals surface area contributed by atoms with Gasteiger partial charge in [0.1, 0.15) is 0 Å². The number of aryl methyl sites for hydroxylation is 1. The van der Waals surface area contributed by atoms with E-state index in [0.29, 0.717) is 6.54 Å². The minimum Gasteiger partial charge on any atom is -0.327 e. The molecule has 0 fully saturated rings. The SMILES string of the molecule is Cc1ccc(C=CCN)cc1C#N. The molecule has 0 aliphatic heterocycles. The average Bonchev–Trinajstić information content (AvgIpc) is 2.16. The highest BCUT2D eigenvalue weighted by molar-refractivity contribution is 5.54. The van der Waals surface area contributed by atoms with Crippen LogP contribution in [0.5, 0.6) is 0 Å². The van der Waals surface area contributed by atoms with E-state index in [1.54, 1.807) is 0 Å². The minimum absolute atomic E-state index is 0.524. The molecule has 0 heterocycles. The number of benzene rings is 1. The van der Waals surface area contributed by atoms with Gasteiger partial charge in [-0.05, 0) is 24.1 Å². The third-order valence-corrected chi connectivity index (χ3v) is 1.83. The summed E-state index contributed by atoms with van der Waals surface area (Å²) in [5, 5.41) is 8.77. The highest BCUT2D eigenvalue weighted by Gasteiger charge is 1.96. The molecule has 0 aromatic heterocycles. The third-order valence-electron chi connectivity index (χ3n) is 1.83. The molecule has 0 amide bonds. The Balaban J connectivity index is 3.01. The van der Waals surface area contributed by atoms with Crippen molar-refractivity contribution in [2.75, 3.05) is 6.54 Å². The molecule has 1 rings (SSSR count). The fourth-order valence-electron chi connectivity index (χ4n) is 1.07. The molecule has 2 heteroatoms. The lowest BCUT2D eigenvalue weighted by molar-refractivity contribution is 1.26. The zero-order chi connectivity index (χ0) is 9.68. The molecule has 2 N–H and O–H groups in total. The quantitative estimate of drug-likeness (QED) is 0.740. The van der Waals surface area contributed by atoms with Gasteiger partial charge in [0.05, 0.1) is 11.6 Å². The molecule has 0 spiro atoms. The maximum atomic E-state index is 8.77. The maximum Gasteiger partial charge on any atom is 0.0994 e. The average molecular weight is 172 g/mol. The van der Waals surface area contributed by atoms with Gasteiger partial charge in [-0.1, -0.05) is 24.3 Å². The van der Waals surface area contributed by atoms with Crippen molar-refractivity contribution in [3.8, 4) is 6.07 Å². The van der Waals surface area contributed by atoms with Crippen LogP contribution in [0.3, 0.4) is 0 Å².